The molecule has 0 saturated carbocycles. The smallest absolute Gasteiger partial charge is 0.322 e. The molecule has 3 aliphatic rings. The van der Waals surface area contributed by atoms with Crippen LogP contribution in [-0.2, 0) is 13.0 Å². The summed E-state index contributed by atoms with van der Waals surface area (Å²) in [6, 6.07) is 5.82. The predicted octanol–water partition coefficient (Wildman–Crippen LogP) is 0.141. The molecule has 0 fully saturated rings. The Morgan fingerprint density at radius 2 is 2.11 bits per heavy atom. The number of nitrogens with zero attached hydrogens (tertiary/aromatic N) is 3. The Bertz CT molecular complexity index is 877. The molecule has 3 aliphatic heterocycles. The minimum absolute atomic E-state index is 0.223. The van der Waals surface area contributed by atoms with Gasteiger partial charge in [0.2, 0.25) is 0 Å². The van der Waals surface area contributed by atoms with Crippen LogP contribution in [0.4, 0.5) is 0 Å². The summed E-state index contributed by atoms with van der Waals surface area (Å²) in [5.41, 5.74) is 2.04. The molecule has 0 aromatic heterocycles. The molecule has 6 heteroatoms. The monoisotopic (exact) mass is 240 g/mol. The SMILES string of the molecule is O=c1nc2n3c4c(cccc4nc-2c(=O)[nH]1)CC3. The first-order valence-electron chi connectivity index (χ1n) is 5.66. The number of fused-ring (bicyclic) bond motifs is 2. The van der Waals surface area contributed by atoms with Crippen LogP contribution in [0.2, 0.25) is 0 Å². The number of rotatable bonds is 0. The lowest BCUT2D eigenvalue weighted by Gasteiger charge is -2.11. The summed E-state index contributed by atoms with van der Waals surface area (Å²) in [5, 5.41) is 0. The molecule has 18 heavy (non-hydrogen) atoms. The Labute approximate surface area is 100 Å². The van der Waals surface area contributed by atoms with Crippen molar-refractivity contribution in [1.82, 2.24) is 19.5 Å². The van der Waals surface area contributed by atoms with Crippen LogP contribution >= 0.6 is 0 Å². The first-order chi connectivity index (χ1) is 8.74. The lowest BCUT2D eigenvalue weighted by atomic mass is 10.1. The molecule has 1 N–H and O–H groups in total. The standard InChI is InChI=1S/C12H8N4O2/c17-11-8-10(14-12(18)15-11)16-5-4-6-2-1-3-7(13-8)9(6)16/h1-3H,4-5H2,(H,15,17,18). The maximum Gasteiger partial charge on any atom is 0.349 e. The number of benzene rings is 1. The number of hydrogen-bond acceptors (Lipinski definition) is 4. The molecule has 0 aliphatic carbocycles. The van der Waals surface area contributed by atoms with Crippen LogP contribution in [0.5, 0.6) is 0 Å². The van der Waals surface area contributed by atoms with E-state index in [0.717, 1.165) is 24.0 Å². The third-order valence-electron chi connectivity index (χ3n) is 3.32. The second kappa shape index (κ2) is 3.04. The second-order valence-corrected chi connectivity index (χ2v) is 4.34. The molecule has 1 aromatic rings. The zero-order chi connectivity index (χ0) is 12.3. The van der Waals surface area contributed by atoms with Crippen LogP contribution in [0, 0.1) is 0 Å². The first-order valence-corrected chi connectivity index (χ1v) is 5.66. The maximum absolute atomic E-state index is 11.8. The van der Waals surface area contributed by atoms with Crippen molar-refractivity contribution in [2.24, 2.45) is 0 Å². The van der Waals surface area contributed by atoms with Gasteiger partial charge in [0.1, 0.15) is 0 Å². The summed E-state index contributed by atoms with van der Waals surface area (Å²) in [4.78, 5) is 33.4. The second-order valence-electron chi connectivity index (χ2n) is 4.34. The van der Waals surface area contributed by atoms with Crippen LogP contribution in [0.3, 0.4) is 0 Å². The minimum Gasteiger partial charge on any atom is -0.322 e. The number of hydrogen-bond donors (Lipinski definition) is 1. The molecule has 0 spiro atoms. The van der Waals surface area contributed by atoms with Crippen molar-refractivity contribution in [3.8, 4) is 11.5 Å². The van der Waals surface area contributed by atoms with Gasteiger partial charge in [-0.2, -0.15) is 4.98 Å². The molecule has 3 heterocycles. The third kappa shape index (κ3) is 1.07. The van der Waals surface area contributed by atoms with Crippen molar-refractivity contribution in [2.45, 2.75) is 13.0 Å². The molecule has 0 amide bonds. The average Bonchev–Trinajstić information content (AvgIpc) is 2.77. The largest absolute Gasteiger partial charge is 0.349 e. The van der Waals surface area contributed by atoms with Crippen molar-refractivity contribution in [2.75, 3.05) is 0 Å². The van der Waals surface area contributed by atoms with Crippen LogP contribution in [0.25, 0.3) is 22.6 Å². The van der Waals surface area contributed by atoms with Crippen molar-refractivity contribution >= 4 is 11.0 Å². The van der Waals surface area contributed by atoms with Gasteiger partial charge in [0.15, 0.2) is 11.5 Å². The van der Waals surface area contributed by atoms with Crippen molar-refractivity contribution < 1.29 is 0 Å². The topological polar surface area (TPSA) is 80.6 Å². The Morgan fingerprint density at radius 1 is 1.22 bits per heavy atom. The molecular formula is C12H8N4O2. The fraction of sp³-hybridized carbons (Fsp3) is 0.167. The van der Waals surface area contributed by atoms with Crippen molar-refractivity contribution in [1.29, 1.82) is 0 Å². The average molecular weight is 240 g/mol. The predicted molar refractivity (Wildman–Crippen MR) is 64.7 cm³/mol. The summed E-state index contributed by atoms with van der Waals surface area (Å²) in [5.74, 6) is 0.376. The quantitative estimate of drug-likeness (QED) is 0.567. The van der Waals surface area contributed by atoms with Gasteiger partial charge in [-0.25, -0.2) is 9.78 Å². The van der Waals surface area contributed by atoms with Gasteiger partial charge in [-0.3, -0.25) is 9.78 Å². The molecule has 4 rings (SSSR count). The molecule has 6 nitrogen and oxygen atoms in total. The van der Waals surface area contributed by atoms with Gasteiger partial charge in [-0.15, -0.1) is 0 Å². The number of aromatic nitrogens is 4. The molecule has 0 saturated heterocycles. The Balaban J connectivity index is 2.34. The van der Waals surface area contributed by atoms with Gasteiger partial charge in [0.25, 0.3) is 5.56 Å². The highest BCUT2D eigenvalue weighted by Crippen LogP contribution is 2.28. The van der Waals surface area contributed by atoms with E-state index in [4.69, 9.17) is 0 Å². The highest BCUT2D eigenvalue weighted by atomic mass is 16.2. The molecule has 0 radical (unpaired) electrons. The van der Waals surface area contributed by atoms with E-state index in [1.807, 2.05) is 22.8 Å². The summed E-state index contributed by atoms with van der Waals surface area (Å²) in [7, 11) is 0. The molecule has 0 bridgehead atoms. The first kappa shape index (κ1) is 9.52. The van der Waals surface area contributed by atoms with Gasteiger partial charge in [-0.1, -0.05) is 12.1 Å². The van der Waals surface area contributed by atoms with E-state index in [-0.39, 0.29) is 5.69 Å². The van der Waals surface area contributed by atoms with Gasteiger partial charge in [-0.05, 0) is 18.1 Å². The Hall–Kier alpha value is -2.50. The van der Waals surface area contributed by atoms with Crippen LogP contribution < -0.4 is 11.2 Å². The lowest BCUT2D eigenvalue weighted by molar-refractivity contribution is 0.745. The summed E-state index contributed by atoms with van der Waals surface area (Å²) < 4.78 is 1.91. The number of H-pyrrole nitrogens is 1. The molecular weight excluding hydrogens is 232 g/mol. The van der Waals surface area contributed by atoms with Gasteiger partial charge in [0.05, 0.1) is 11.0 Å². The summed E-state index contributed by atoms with van der Waals surface area (Å²) in [6.45, 7) is 0.727. The number of para-hydroxylation sites is 1. The van der Waals surface area contributed by atoms with E-state index in [9.17, 15) is 9.59 Å². The van der Waals surface area contributed by atoms with Crippen molar-refractivity contribution in [3.05, 3.63) is 44.6 Å². The zero-order valence-corrected chi connectivity index (χ0v) is 9.30. The highest BCUT2D eigenvalue weighted by molar-refractivity contribution is 5.83. The lowest BCUT2D eigenvalue weighted by Crippen LogP contribution is -2.28. The van der Waals surface area contributed by atoms with Gasteiger partial charge in [0, 0.05) is 6.54 Å². The van der Waals surface area contributed by atoms with Crippen LogP contribution in [0.15, 0.2) is 27.8 Å². The van der Waals surface area contributed by atoms with Crippen LogP contribution in [-0.4, -0.2) is 19.5 Å². The number of aryl methyl sites for hydroxylation is 2. The Kier molecular flexibility index (Phi) is 1.61. The van der Waals surface area contributed by atoms with Gasteiger partial charge >= 0.3 is 5.69 Å². The molecule has 88 valence electrons. The third-order valence-corrected chi connectivity index (χ3v) is 3.32. The van der Waals surface area contributed by atoms with Gasteiger partial charge < -0.3 is 4.57 Å². The molecule has 1 aromatic carbocycles. The van der Waals surface area contributed by atoms with Crippen molar-refractivity contribution in [3.63, 3.8) is 0 Å². The van der Waals surface area contributed by atoms with E-state index in [2.05, 4.69) is 15.0 Å². The summed E-state index contributed by atoms with van der Waals surface area (Å²) in [6.07, 6.45) is 0.876. The molecule has 0 atom stereocenters. The number of nitrogens with one attached hydrogen (secondary N) is 1. The Morgan fingerprint density at radius 3 is 3.00 bits per heavy atom. The highest BCUT2D eigenvalue weighted by Gasteiger charge is 2.23. The maximum atomic E-state index is 11.8. The summed E-state index contributed by atoms with van der Waals surface area (Å²) >= 11 is 0. The zero-order valence-electron chi connectivity index (χ0n) is 9.30. The minimum atomic E-state index is -0.623. The number of aromatic amines is 1. The van der Waals surface area contributed by atoms with E-state index in [0.29, 0.717) is 5.82 Å². The van der Waals surface area contributed by atoms with E-state index < -0.39 is 11.2 Å². The molecule has 0 unspecified atom stereocenters. The van der Waals surface area contributed by atoms with Crippen LogP contribution in [0.1, 0.15) is 5.56 Å². The van der Waals surface area contributed by atoms with E-state index >= 15 is 0 Å². The van der Waals surface area contributed by atoms with E-state index in [1.54, 1.807) is 0 Å². The fourth-order valence-corrected chi connectivity index (χ4v) is 2.58. The fourth-order valence-electron chi connectivity index (χ4n) is 2.58. The normalized spacial score (nSPS) is 13.6. The van der Waals surface area contributed by atoms with E-state index in [1.165, 1.54) is 5.56 Å².